The van der Waals surface area contributed by atoms with Crippen molar-refractivity contribution in [2.75, 3.05) is 24.8 Å². The van der Waals surface area contributed by atoms with Gasteiger partial charge in [-0.1, -0.05) is 6.42 Å². The number of carbonyl (C=O) groups is 1. The minimum absolute atomic E-state index is 0.296. The summed E-state index contributed by atoms with van der Waals surface area (Å²) >= 11 is 0. The number of fused-ring (bicyclic) bond motifs is 2. The summed E-state index contributed by atoms with van der Waals surface area (Å²) in [6.45, 7) is 0. The number of hydrogen-bond donors (Lipinski definition) is 2. The fourth-order valence-corrected chi connectivity index (χ4v) is 4.47. The van der Waals surface area contributed by atoms with Gasteiger partial charge in [-0.05, 0) is 38.7 Å². The van der Waals surface area contributed by atoms with Gasteiger partial charge in [-0.25, -0.2) is 19.7 Å². The van der Waals surface area contributed by atoms with Crippen LogP contribution in [0.4, 0.5) is 17.3 Å². The Hall–Kier alpha value is -3.18. The van der Waals surface area contributed by atoms with Gasteiger partial charge in [0, 0.05) is 30.4 Å². The molecule has 30 heavy (non-hydrogen) atoms. The number of anilines is 3. The highest BCUT2D eigenvalue weighted by molar-refractivity contribution is 5.96. The lowest BCUT2D eigenvalue weighted by atomic mass is 9.82. The predicted octanol–water partition coefficient (Wildman–Crippen LogP) is 2.81. The second kappa shape index (κ2) is 8.67. The fourth-order valence-electron chi connectivity index (χ4n) is 4.47. The molecule has 2 aliphatic heterocycles. The molecule has 8 heteroatoms. The molecule has 2 aromatic rings. The Kier molecular flexibility index (Phi) is 5.81. The minimum Gasteiger partial charge on any atom is -0.465 e. The Morgan fingerprint density at radius 1 is 1.17 bits per heavy atom. The molecule has 2 aliphatic rings. The monoisotopic (exact) mass is 406 g/mol. The number of nitrogens with zero attached hydrogens (tertiary/aromatic N) is 4. The van der Waals surface area contributed by atoms with Crippen LogP contribution in [0, 0.1) is 12.3 Å². The predicted molar refractivity (Wildman–Crippen MR) is 115 cm³/mol. The van der Waals surface area contributed by atoms with E-state index in [-0.39, 0.29) is 0 Å². The number of methoxy groups -OCH3 is 1. The molecule has 2 atom stereocenters. The molecule has 2 unspecified atom stereocenters. The van der Waals surface area contributed by atoms with Gasteiger partial charge in [-0.15, -0.1) is 6.42 Å². The molecule has 0 aliphatic carbocycles. The third-order valence-corrected chi connectivity index (χ3v) is 6.06. The third kappa shape index (κ3) is 4.21. The Morgan fingerprint density at radius 3 is 2.53 bits per heavy atom. The SMILES string of the molecule is C#Cc1cnc(Nc2cc(NC3CC4CCCC(C3)N4C)c(C(=O)OC)cn2)cn1. The van der Waals surface area contributed by atoms with Crippen molar-refractivity contribution in [2.45, 2.75) is 50.2 Å². The van der Waals surface area contributed by atoms with E-state index in [1.165, 1.54) is 38.8 Å². The Bertz CT molecular complexity index is 941. The van der Waals surface area contributed by atoms with E-state index in [1.807, 2.05) is 6.07 Å². The highest BCUT2D eigenvalue weighted by Gasteiger charge is 2.36. The van der Waals surface area contributed by atoms with Crippen LogP contribution in [0.1, 0.15) is 48.2 Å². The number of nitrogens with one attached hydrogen (secondary N) is 2. The maximum Gasteiger partial charge on any atom is 0.341 e. The van der Waals surface area contributed by atoms with Crippen molar-refractivity contribution in [3.8, 4) is 12.3 Å². The van der Waals surface area contributed by atoms with Gasteiger partial charge in [0.2, 0.25) is 0 Å². The van der Waals surface area contributed by atoms with Crippen molar-refractivity contribution in [1.82, 2.24) is 19.9 Å². The van der Waals surface area contributed by atoms with Crippen LogP contribution in [0.5, 0.6) is 0 Å². The first-order valence-corrected chi connectivity index (χ1v) is 10.2. The van der Waals surface area contributed by atoms with E-state index in [4.69, 9.17) is 11.2 Å². The van der Waals surface area contributed by atoms with E-state index >= 15 is 0 Å². The van der Waals surface area contributed by atoms with Crippen molar-refractivity contribution >= 4 is 23.3 Å². The second-order valence-corrected chi connectivity index (χ2v) is 7.88. The summed E-state index contributed by atoms with van der Waals surface area (Å²) in [6, 6.07) is 3.28. The molecule has 0 saturated carbocycles. The average Bonchev–Trinajstić information content (AvgIpc) is 2.75. The maximum absolute atomic E-state index is 12.3. The zero-order valence-corrected chi connectivity index (χ0v) is 17.3. The summed E-state index contributed by atoms with van der Waals surface area (Å²) in [6.07, 6.45) is 15.8. The molecule has 4 rings (SSSR count). The number of ether oxygens (including phenoxy) is 1. The van der Waals surface area contributed by atoms with E-state index in [0.717, 1.165) is 12.8 Å². The lowest BCUT2D eigenvalue weighted by Gasteiger charge is -2.47. The topological polar surface area (TPSA) is 92.3 Å². The van der Waals surface area contributed by atoms with Gasteiger partial charge >= 0.3 is 5.97 Å². The number of pyridine rings is 1. The van der Waals surface area contributed by atoms with Gasteiger partial charge in [0.05, 0.1) is 25.2 Å². The van der Waals surface area contributed by atoms with Crippen LogP contribution < -0.4 is 10.6 Å². The van der Waals surface area contributed by atoms with Gasteiger partial charge in [-0.3, -0.25) is 0 Å². The van der Waals surface area contributed by atoms with Crippen molar-refractivity contribution in [3.05, 3.63) is 35.9 Å². The van der Waals surface area contributed by atoms with Gasteiger partial charge in [0.1, 0.15) is 22.9 Å². The number of piperidine rings is 2. The van der Waals surface area contributed by atoms with Gasteiger partial charge in [-0.2, -0.15) is 0 Å². The summed E-state index contributed by atoms with van der Waals surface area (Å²) < 4.78 is 4.95. The van der Waals surface area contributed by atoms with Crippen LogP contribution in [0.3, 0.4) is 0 Å². The molecule has 8 nitrogen and oxygen atoms in total. The largest absolute Gasteiger partial charge is 0.465 e. The van der Waals surface area contributed by atoms with Crippen molar-refractivity contribution in [1.29, 1.82) is 0 Å². The van der Waals surface area contributed by atoms with E-state index < -0.39 is 5.97 Å². The quantitative estimate of drug-likeness (QED) is 0.579. The number of terminal acetylenes is 1. The van der Waals surface area contributed by atoms with Crippen molar-refractivity contribution in [3.63, 3.8) is 0 Å². The van der Waals surface area contributed by atoms with Crippen LogP contribution in [0.15, 0.2) is 24.7 Å². The first-order valence-electron chi connectivity index (χ1n) is 10.2. The molecule has 2 N–H and O–H groups in total. The van der Waals surface area contributed by atoms with Gasteiger partial charge < -0.3 is 20.3 Å². The number of hydrogen-bond acceptors (Lipinski definition) is 8. The first kappa shape index (κ1) is 20.1. The standard InChI is InChI=1S/C22H26N6O2/c1-4-14-11-24-21(13-23-14)27-20-10-19(18(12-25-20)22(29)30-3)26-15-8-16-6-5-7-17(9-15)28(16)2/h1,10-13,15-17H,5-9H2,2-3H3,(H2,24,25,26,27). The average molecular weight is 406 g/mol. The number of rotatable bonds is 5. The third-order valence-electron chi connectivity index (χ3n) is 6.06. The van der Waals surface area contributed by atoms with Crippen molar-refractivity contribution < 1.29 is 9.53 Å². The van der Waals surface area contributed by atoms with Crippen LogP contribution >= 0.6 is 0 Å². The number of carbonyl (C=O) groups excluding carboxylic acids is 1. The molecule has 0 spiro atoms. The molecule has 2 saturated heterocycles. The van der Waals surface area contributed by atoms with Crippen LogP contribution in [0.25, 0.3) is 0 Å². The second-order valence-electron chi connectivity index (χ2n) is 7.88. The molecule has 156 valence electrons. The highest BCUT2D eigenvalue weighted by atomic mass is 16.5. The van der Waals surface area contributed by atoms with Gasteiger partial charge in [0.15, 0.2) is 0 Å². The maximum atomic E-state index is 12.3. The summed E-state index contributed by atoms with van der Waals surface area (Å²) in [4.78, 5) is 27.5. The first-order chi connectivity index (χ1) is 14.6. The summed E-state index contributed by atoms with van der Waals surface area (Å²) in [5.74, 6) is 3.10. The fraction of sp³-hybridized carbons (Fsp3) is 0.455. The van der Waals surface area contributed by atoms with Crippen LogP contribution in [-0.2, 0) is 4.74 Å². The van der Waals surface area contributed by atoms with E-state index in [0.29, 0.717) is 46.7 Å². The smallest absolute Gasteiger partial charge is 0.341 e. The Balaban J connectivity index is 1.55. The summed E-state index contributed by atoms with van der Waals surface area (Å²) in [7, 11) is 3.60. The molecule has 0 amide bonds. The molecular formula is C22H26N6O2. The zero-order chi connectivity index (χ0) is 21.1. The molecule has 2 aromatic heterocycles. The zero-order valence-electron chi connectivity index (χ0n) is 17.3. The number of esters is 1. The van der Waals surface area contributed by atoms with E-state index in [9.17, 15) is 4.79 Å². The molecule has 0 radical (unpaired) electrons. The van der Waals surface area contributed by atoms with E-state index in [2.05, 4.69) is 43.5 Å². The minimum atomic E-state index is -0.414. The molecular weight excluding hydrogens is 380 g/mol. The molecule has 2 bridgehead atoms. The molecule has 2 fully saturated rings. The normalized spacial score (nSPS) is 23.3. The van der Waals surface area contributed by atoms with Crippen molar-refractivity contribution in [2.24, 2.45) is 0 Å². The Morgan fingerprint density at radius 2 is 1.90 bits per heavy atom. The van der Waals surface area contributed by atoms with Gasteiger partial charge in [0.25, 0.3) is 0 Å². The highest BCUT2D eigenvalue weighted by Crippen LogP contribution is 2.34. The van der Waals surface area contributed by atoms with E-state index in [1.54, 1.807) is 6.20 Å². The molecule has 4 heterocycles. The summed E-state index contributed by atoms with van der Waals surface area (Å²) in [5.41, 5.74) is 1.59. The lowest BCUT2D eigenvalue weighted by molar-refractivity contribution is 0.0594. The van der Waals surface area contributed by atoms with Crippen LogP contribution in [-0.4, -0.2) is 58.1 Å². The lowest BCUT2D eigenvalue weighted by Crippen LogP contribution is -2.52. The summed E-state index contributed by atoms with van der Waals surface area (Å²) in [5, 5.41) is 6.70. The number of aromatic nitrogens is 3. The Labute approximate surface area is 176 Å². The van der Waals surface area contributed by atoms with Crippen LogP contribution in [0.2, 0.25) is 0 Å². The molecule has 0 aromatic carbocycles.